The van der Waals surface area contributed by atoms with Crippen LogP contribution in [0, 0.1) is 45.8 Å². The summed E-state index contributed by atoms with van der Waals surface area (Å²) in [5.74, 6) is -4.90. The van der Waals surface area contributed by atoms with E-state index in [0.717, 1.165) is 6.42 Å². The fraction of sp³-hybridized carbons (Fsp3) is 0.667. The summed E-state index contributed by atoms with van der Waals surface area (Å²) >= 11 is 0. The Labute approximate surface area is 264 Å². The van der Waals surface area contributed by atoms with Gasteiger partial charge in [-0.15, -0.1) is 0 Å². The summed E-state index contributed by atoms with van der Waals surface area (Å²) in [5.41, 5.74) is -1.16. The molecule has 13 heteroatoms. The Morgan fingerprint density at radius 1 is 1.13 bits per heavy atom. The number of carbonyl (C=O) groups excluding carboxylic acids is 4. The second-order valence-corrected chi connectivity index (χ2v) is 15.4. The molecular weight excluding hydrogens is 603 g/mol. The van der Waals surface area contributed by atoms with Crippen LogP contribution in [0.25, 0.3) is 0 Å². The summed E-state index contributed by atoms with van der Waals surface area (Å²) in [7, 11) is 0. The average Bonchev–Trinajstić information content (AvgIpc) is 3.26. The summed E-state index contributed by atoms with van der Waals surface area (Å²) in [5, 5.41) is 28.9. The number of anilines is 1. The summed E-state index contributed by atoms with van der Waals surface area (Å²) in [6.07, 6.45) is -2.45. The fourth-order valence-electron chi connectivity index (χ4n) is 10.4. The molecular formula is C33H38F3N5O5. The minimum Gasteiger partial charge on any atom is -0.390 e. The molecule has 2 heterocycles. The molecule has 7 aliphatic rings. The maximum absolute atomic E-state index is 14.5. The van der Waals surface area contributed by atoms with E-state index in [1.807, 2.05) is 19.2 Å². The number of aliphatic hydroxyl groups is 1. The lowest BCUT2D eigenvalue weighted by Gasteiger charge is -2.62. The zero-order valence-electron chi connectivity index (χ0n) is 25.7. The number of carbonyl (C=O) groups is 4. The molecule has 5 saturated carbocycles. The van der Waals surface area contributed by atoms with Crippen LogP contribution in [0.1, 0.15) is 70.3 Å². The van der Waals surface area contributed by atoms with Crippen LogP contribution in [-0.2, 0) is 19.2 Å². The molecule has 6 fully saturated rings. The quantitative estimate of drug-likeness (QED) is 0.360. The van der Waals surface area contributed by atoms with Gasteiger partial charge in [-0.05, 0) is 85.7 Å². The topological polar surface area (TPSA) is 152 Å². The molecule has 246 valence electrons. The highest BCUT2D eigenvalue weighted by Gasteiger charge is 2.71. The lowest BCUT2D eigenvalue weighted by Crippen LogP contribution is -2.68. The van der Waals surface area contributed by atoms with Crippen LogP contribution in [0.4, 0.5) is 18.9 Å². The van der Waals surface area contributed by atoms with E-state index in [0.29, 0.717) is 36.9 Å². The molecule has 10 nitrogen and oxygen atoms in total. The van der Waals surface area contributed by atoms with Crippen LogP contribution in [-0.4, -0.2) is 70.1 Å². The Morgan fingerprint density at radius 3 is 2.43 bits per heavy atom. The normalized spacial score (nSPS) is 37.4. The first-order chi connectivity index (χ1) is 21.5. The van der Waals surface area contributed by atoms with Gasteiger partial charge < -0.3 is 26.0 Å². The van der Waals surface area contributed by atoms with Gasteiger partial charge in [-0.1, -0.05) is 32.0 Å². The Balaban J connectivity index is 1.16. The number of likely N-dealkylation sites (tertiary alicyclic amines) is 1. The van der Waals surface area contributed by atoms with Crippen molar-refractivity contribution in [3.8, 4) is 6.07 Å². The second-order valence-electron chi connectivity index (χ2n) is 15.4. The van der Waals surface area contributed by atoms with E-state index in [9.17, 15) is 42.7 Å². The molecule has 0 aromatic heterocycles. The summed E-state index contributed by atoms with van der Waals surface area (Å²) < 4.78 is 40.9. The fourth-order valence-corrected chi connectivity index (χ4v) is 10.4. The molecule has 4 amide bonds. The summed E-state index contributed by atoms with van der Waals surface area (Å²) in [4.78, 5) is 54.9. The van der Waals surface area contributed by atoms with Crippen molar-refractivity contribution in [3.63, 3.8) is 0 Å². The zero-order valence-corrected chi connectivity index (χ0v) is 25.7. The molecule has 0 spiro atoms. The number of amides is 4. The Kier molecular flexibility index (Phi) is 6.84. The molecule has 0 radical (unpaired) electrons. The van der Waals surface area contributed by atoms with E-state index >= 15 is 0 Å². The predicted molar refractivity (Wildman–Crippen MR) is 156 cm³/mol. The number of nitrogens with one attached hydrogen (secondary N) is 3. The minimum absolute atomic E-state index is 0.00201. The monoisotopic (exact) mass is 641 g/mol. The van der Waals surface area contributed by atoms with Crippen LogP contribution >= 0.6 is 0 Å². The van der Waals surface area contributed by atoms with Crippen LogP contribution in [0.2, 0.25) is 0 Å². The molecule has 10 atom stereocenters. The number of alkyl halides is 3. The first-order valence-electron chi connectivity index (χ1n) is 16.1. The van der Waals surface area contributed by atoms with Crippen molar-refractivity contribution < 1.29 is 37.5 Å². The molecule has 1 aromatic rings. The molecule has 4 bridgehead atoms. The number of hydrogen-bond donors (Lipinski definition) is 4. The summed E-state index contributed by atoms with van der Waals surface area (Å²) in [6, 6.07) is 5.42. The van der Waals surface area contributed by atoms with E-state index in [1.165, 1.54) is 4.90 Å². The number of para-hydroxylation sites is 1. The third-order valence-corrected chi connectivity index (χ3v) is 12.1. The number of nitrogens with zero attached hydrogens (tertiary/aromatic N) is 2. The van der Waals surface area contributed by atoms with Crippen molar-refractivity contribution in [1.82, 2.24) is 15.5 Å². The van der Waals surface area contributed by atoms with Gasteiger partial charge in [-0.2, -0.15) is 18.4 Å². The van der Waals surface area contributed by atoms with Gasteiger partial charge in [0, 0.05) is 17.6 Å². The molecule has 2 aliphatic heterocycles. The van der Waals surface area contributed by atoms with E-state index in [-0.39, 0.29) is 54.4 Å². The number of fused-ring (bicyclic) bond motifs is 2. The third kappa shape index (κ3) is 4.86. The van der Waals surface area contributed by atoms with Crippen molar-refractivity contribution in [1.29, 1.82) is 5.26 Å². The Bertz CT molecular complexity index is 1540. The van der Waals surface area contributed by atoms with Crippen LogP contribution in [0.15, 0.2) is 24.3 Å². The molecule has 3 unspecified atom stereocenters. The van der Waals surface area contributed by atoms with Crippen molar-refractivity contribution in [3.05, 3.63) is 29.8 Å². The van der Waals surface area contributed by atoms with Crippen molar-refractivity contribution >= 4 is 29.3 Å². The second kappa shape index (κ2) is 10.2. The number of benzene rings is 1. The molecule has 4 N–H and O–H groups in total. The van der Waals surface area contributed by atoms with Gasteiger partial charge in [-0.3, -0.25) is 19.2 Å². The van der Waals surface area contributed by atoms with Crippen molar-refractivity contribution in [2.45, 2.75) is 94.6 Å². The van der Waals surface area contributed by atoms with Crippen molar-refractivity contribution in [2.24, 2.45) is 34.5 Å². The van der Waals surface area contributed by atoms with Crippen LogP contribution in [0.5, 0.6) is 0 Å². The lowest BCUT2D eigenvalue weighted by molar-refractivity contribution is -0.191. The highest BCUT2D eigenvalue weighted by Crippen LogP contribution is 2.66. The van der Waals surface area contributed by atoms with Gasteiger partial charge >= 0.3 is 12.1 Å². The standard InChI is InChI=1S/C33H38F3N5O5/c1-30(2)21-14-41(24(23(21)30)27(43)38-18(13-37)8-20-19-5-3-4-6-22(19)39-26(20)42)28(44)25(40-29(45)33(34,35)36)31-9-16-7-17(10-31)12-32(46,11-16)15-31/h3-6,16-18,20-21,23-25,46H,7-12,14-15H2,1-2H3,(H,38,43)(H,39,42)(H,40,45)/t16-,17+,18-,20?,21-,23-,24-,25+,31?,32?/m0/s1. The number of piperidine rings is 1. The predicted octanol–water partition coefficient (Wildman–Crippen LogP) is 2.98. The van der Waals surface area contributed by atoms with E-state index in [1.54, 1.807) is 24.3 Å². The van der Waals surface area contributed by atoms with Gasteiger partial charge in [-0.25, -0.2) is 0 Å². The molecule has 46 heavy (non-hydrogen) atoms. The summed E-state index contributed by atoms with van der Waals surface area (Å²) in [6.45, 7) is 4.04. The third-order valence-electron chi connectivity index (χ3n) is 12.1. The number of hydrogen-bond acceptors (Lipinski definition) is 6. The molecule has 8 rings (SSSR count). The molecule has 1 saturated heterocycles. The number of rotatable bonds is 7. The minimum atomic E-state index is -5.23. The Morgan fingerprint density at radius 2 is 1.80 bits per heavy atom. The SMILES string of the molecule is CC1(C)[C@@H]2[C@@H](C(=O)N[C@H](C#N)CC3C(=O)Nc4ccccc43)N(C(=O)[C@@H](NC(=O)C(F)(F)F)C34C[C@@H]5C[C@@H](CC(O)(C5)C3)C4)C[C@@H]21. The van der Waals surface area contributed by atoms with Gasteiger partial charge in [0.1, 0.15) is 18.1 Å². The highest BCUT2D eigenvalue weighted by molar-refractivity contribution is 6.03. The van der Waals surface area contributed by atoms with Gasteiger partial charge in [0.15, 0.2) is 0 Å². The molecule has 1 aromatic carbocycles. The largest absolute Gasteiger partial charge is 0.471 e. The average molecular weight is 642 g/mol. The number of halogens is 3. The lowest BCUT2D eigenvalue weighted by atomic mass is 9.46. The highest BCUT2D eigenvalue weighted by atomic mass is 19.4. The van der Waals surface area contributed by atoms with Gasteiger partial charge in [0.25, 0.3) is 0 Å². The Hall–Kier alpha value is -3.66. The van der Waals surface area contributed by atoms with Gasteiger partial charge in [0.2, 0.25) is 17.7 Å². The van der Waals surface area contributed by atoms with E-state index in [4.69, 9.17) is 0 Å². The van der Waals surface area contributed by atoms with E-state index in [2.05, 4.69) is 16.7 Å². The molecule has 5 aliphatic carbocycles. The maximum Gasteiger partial charge on any atom is 0.471 e. The van der Waals surface area contributed by atoms with Crippen LogP contribution < -0.4 is 16.0 Å². The van der Waals surface area contributed by atoms with Crippen LogP contribution in [0.3, 0.4) is 0 Å². The first kappa shape index (κ1) is 31.0. The number of nitriles is 1. The van der Waals surface area contributed by atoms with Gasteiger partial charge in [0.05, 0.1) is 17.6 Å². The smallest absolute Gasteiger partial charge is 0.390 e. The van der Waals surface area contributed by atoms with E-state index < -0.39 is 59.0 Å². The first-order valence-corrected chi connectivity index (χ1v) is 16.1. The zero-order chi connectivity index (χ0) is 33.0. The van der Waals surface area contributed by atoms with Crippen molar-refractivity contribution in [2.75, 3.05) is 11.9 Å². The maximum atomic E-state index is 14.5.